The van der Waals surface area contributed by atoms with Crippen molar-refractivity contribution in [3.63, 3.8) is 0 Å². The van der Waals surface area contributed by atoms with Crippen LogP contribution in [0.2, 0.25) is 18.1 Å². The molecule has 0 spiro atoms. The third-order valence-electron chi connectivity index (χ3n) is 5.42. The van der Waals surface area contributed by atoms with Crippen molar-refractivity contribution >= 4 is 25.5 Å². The van der Waals surface area contributed by atoms with E-state index in [1.165, 1.54) is 0 Å². The average Bonchev–Trinajstić information content (AvgIpc) is 2.48. The van der Waals surface area contributed by atoms with Gasteiger partial charge in [-0.05, 0) is 57.1 Å². The van der Waals surface area contributed by atoms with Crippen LogP contribution in [0.15, 0.2) is 18.2 Å². The molecule has 0 saturated heterocycles. The Kier molecular flexibility index (Phi) is 5.58. The lowest BCUT2D eigenvalue weighted by Gasteiger charge is -2.50. The summed E-state index contributed by atoms with van der Waals surface area (Å²) in [6.45, 7) is 17.1. The molecule has 142 valence electrons. The number of ether oxygens (including phenoxy) is 1. The van der Waals surface area contributed by atoms with E-state index in [0.717, 1.165) is 11.3 Å². The third-order valence-corrected chi connectivity index (χ3v) is 9.99. The Bertz CT molecular complexity index is 747. The Morgan fingerprint density at radius 3 is 2.46 bits per heavy atom. The van der Waals surface area contributed by atoms with Gasteiger partial charge in [-0.15, -0.1) is 0 Å². The summed E-state index contributed by atoms with van der Waals surface area (Å²) < 4.78 is 13.1. The molecule has 1 aromatic rings. The molecule has 6 heteroatoms. The summed E-state index contributed by atoms with van der Waals surface area (Å²) in [5.74, 6) is 0.776. The topological polar surface area (TPSA) is 54.3 Å². The lowest BCUT2D eigenvalue weighted by Crippen LogP contribution is -2.59. The van der Waals surface area contributed by atoms with Crippen LogP contribution in [0.5, 0.6) is 5.75 Å². The number of nitriles is 1. The van der Waals surface area contributed by atoms with Crippen LogP contribution < -0.4 is 10.1 Å². The quantitative estimate of drug-likeness (QED) is 0.575. The molecule has 0 radical (unpaired) electrons. The van der Waals surface area contributed by atoms with E-state index in [9.17, 15) is 5.26 Å². The van der Waals surface area contributed by atoms with Gasteiger partial charge in [-0.1, -0.05) is 33.0 Å². The number of thiocarbonyl (C=S) groups is 1. The lowest BCUT2D eigenvalue weighted by atomic mass is 9.86. The summed E-state index contributed by atoms with van der Waals surface area (Å²) >= 11 is 5.35. The van der Waals surface area contributed by atoms with Gasteiger partial charge in [0.2, 0.25) is 0 Å². The Hall–Kier alpha value is -1.42. The minimum Gasteiger partial charge on any atom is -0.485 e. The van der Waals surface area contributed by atoms with Gasteiger partial charge in [0.1, 0.15) is 17.5 Å². The second-order valence-electron chi connectivity index (χ2n) is 9.05. The SMILES string of the molecule is CC(=S)N[C@H]1c2cc(C#N)ccc2OC(C)(C)[C@@H]1O[Si](C)(C)C(C)(C)C. The number of nitrogens with one attached hydrogen (secondary N) is 1. The second-order valence-corrected chi connectivity index (χ2v) is 14.4. The normalized spacial score (nSPS) is 22.0. The van der Waals surface area contributed by atoms with Crippen LogP contribution in [0, 0.1) is 11.3 Å². The molecule has 1 aromatic carbocycles. The van der Waals surface area contributed by atoms with E-state index in [0.29, 0.717) is 10.6 Å². The molecule has 0 saturated carbocycles. The highest BCUT2D eigenvalue weighted by molar-refractivity contribution is 7.80. The van der Waals surface area contributed by atoms with E-state index >= 15 is 0 Å². The van der Waals surface area contributed by atoms with Crippen LogP contribution in [0.4, 0.5) is 0 Å². The molecule has 0 bridgehead atoms. The van der Waals surface area contributed by atoms with Gasteiger partial charge in [-0.25, -0.2) is 0 Å². The standard InChI is InChI=1S/C20H30N2O2SSi/c1-13(25)22-17-15-11-14(12-21)9-10-16(15)23-20(5,6)18(17)24-26(7,8)19(2,3)4/h9-11,17-18H,1-8H3,(H,22,25)/t17-,18+/m0/s1. The smallest absolute Gasteiger partial charge is 0.192 e. The first-order valence-corrected chi connectivity index (χ1v) is 12.3. The number of fused-ring (bicyclic) bond motifs is 1. The largest absolute Gasteiger partial charge is 0.485 e. The molecule has 26 heavy (non-hydrogen) atoms. The van der Waals surface area contributed by atoms with Crippen molar-refractivity contribution in [2.24, 2.45) is 0 Å². The van der Waals surface area contributed by atoms with Crippen molar-refractivity contribution in [2.45, 2.75) is 77.4 Å². The van der Waals surface area contributed by atoms with E-state index in [1.54, 1.807) is 6.07 Å². The van der Waals surface area contributed by atoms with Gasteiger partial charge >= 0.3 is 0 Å². The maximum Gasteiger partial charge on any atom is 0.192 e. The molecular weight excluding hydrogens is 360 g/mol. The molecule has 0 aliphatic carbocycles. The van der Waals surface area contributed by atoms with Crippen LogP contribution in [0.1, 0.15) is 58.7 Å². The first kappa shape index (κ1) is 20.9. The zero-order chi connectivity index (χ0) is 19.9. The fourth-order valence-corrected chi connectivity index (χ4v) is 4.47. The van der Waals surface area contributed by atoms with Gasteiger partial charge in [0.25, 0.3) is 0 Å². The predicted octanol–water partition coefficient (Wildman–Crippen LogP) is 5.10. The van der Waals surface area contributed by atoms with Crippen molar-refractivity contribution in [3.05, 3.63) is 29.3 Å². The maximum atomic E-state index is 9.31. The lowest BCUT2D eigenvalue weighted by molar-refractivity contribution is -0.0531. The molecule has 2 rings (SSSR count). The molecule has 1 N–H and O–H groups in total. The Morgan fingerprint density at radius 1 is 1.35 bits per heavy atom. The number of nitrogens with zero attached hydrogens (tertiary/aromatic N) is 1. The van der Waals surface area contributed by atoms with Gasteiger partial charge in [-0.2, -0.15) is 5.26 Å². The molecule has 0 amide bonds. The first-order valence-electron chi connectivity index (χ1n) is 8.96. The third kappa shape index (κ3) is 4.11. The summed E-state index contributed by atoms with van der Waals surface area (Å²) in [5, 5.41) is 12.8. The molecule has 1 aliphatic rings. The highest BCUT2D eigenvalue weighted by atomic mass is 32.1. The van der Waals surface area contributed by atoms with Crippen LogP contribution in [-0.4, -0.2) is 25.0 Å². The van der Waals surface area contributed by atoms with E-state index in [-0.39, 0.29) is 17.2 Å². The zero-order valence-corrected chi connectivity index (χ0v) is 18.9. The van der Waals surface area contributed by atoms with Crippen LogP contribution in [0.25, 0.3) is 0 Å². The van der Waals surface area contributed by atoms with Crippen molar-refractivity contribution in [1.29, 1.82) is 5.26 Å². The van der Waals surface area contributed by atoms with E-state index < -0.39 is 13.9 Å². The summed E-state index contributed by atoms with van der Waals surface area (Å²) in [5.41, 5.74) is 1.00. The van der Waals surface area contributed by atoms with E-state index in [1.807, 2.05) is 19.1 Å². The Morgan fingerprint density at radius 2 is 1.96 bits per heavy atom. The number of hydrogen-bond donors (Lipinski definition) is 1. The molecule has 1 aliphatic heterocycles. The fraction of sp³-hybridized carbons (Fsp3) is 0.600. The molecule has 0 aromatic heterocycles. The molecule has 0 unspecified atom stereocenters. The predicted molar refractivity (Wildman–Crippen MR) is 112 cm³/mol. The molecule has 4 nitrogen and oxygen atoms in total. The molecular formula is C20H30N2O2SSi. The number of hydrogen-bond acceptors (Lipinski definition) is 4. The van der Waals surface area contributed by atoms with Gasteiger partial charge in [0.15, 0.2) is 8.32 Å². The monoisotopic (exact) mass is 390 g/mol. The molecule has 1 heterocycles. The second kappa shape index (κ2) is 6.95. The molecule has 0 fully saturated rings. The van der Waals surface area contributed by atoms with E-state index in [2.05, 4.69) is 59.1 Å². The van der Waals surface area contributed by atoms with Gasteiger partial charge in [0, 0.05) is 5.56 Å². The van der Waals surface area contributed by atoms with Crippen molar-refractivity contribution in [3.8, 4) is 11.8 Å². The van der Waals surface area contributed by atoms with Gasteiger partial charge in [-0.3, -0.25) is 0 Å². The number of rotatable bonds is 3. The van der Waals surface area contributed by atoms with Crippen molar-refractivity contribution in [2.75, 3.05) is 0 Å². The summed E-state index contributed by atoms with van der Waals surface area (Å²) in [4.78, 5) is 0.699. The number of benzene rings is 1. The van der Waals surface area contributed by atoms with E-state index in [4.69, 9.17) is 21.4 Å². The molecule has 2 atom stereocenters. The minimum atomic E-state index is -2.05. The maximum absolute atomic E-state index is 9.31. The Labute approximate surface area is 164 Å². The van der Waals surface area contributed by atoms with Crippen LogP contribution in [-0.2, 0) is 4.43 Å². The summed E-state index contributed by atoms with van der Waals surface area (Å²) in [7, 11) is -2.05. The van der Waals surface area contributed by atoms with Crippen LogP contribution in [0.3, 0.4) is 0 Å². The highest BCUT2D eigenvalue weighted by Crippen LogP contribution is 2.46. The minimum absolute atomic E-state index is 0.0785. The summed E-state index contributed by atoms with van der Waals surface area (Å²) in [6.07, 6.45) is -0.220. The van der Waals surface area contributed by atoms with Crippen molar-refractivity contribution < 1.29 is 9.16 Å². The van der Waals surface area contributed by atoms with Gasteiger partial charge in [0.05, 0.1) is 22.7 Å². The summed E-state index contributed by atoms with van der Waals surface area (Å²) in [6, 6.07) is 7.58. The first-order chi connectivity index (χ1) is 11.8. The average molecular weight is 391 g/mol. The fourth-order valence-electron chi connectivity index (χ4n) is 2.94. The van der Waals surface area contributed by atoms with Crippen molar-refractivity contribution in [1.82, 2.24) is 5.32 Å². The zero-order valence-electron chi connectivity index (χ0n) is 17.1. The van der Waals surface area contributed by atoms with Crippen LogP contribution >= 0.6 is 12.2 Å². The highest BCUT2D eigenvalue weighted by Gasteiger charge is 2.50. The Balaban J connectivity index is 2.56. The van der Waals surface area contributed by atoms with Gasteiger partial charge < -0.3 is 14.5 Å².